The molecule has 2 rings (SSSR count). The Balaban J connectivity index is 2.38. The Morgan fingerprint density at radius 1 is 1.35 bits per heavy atom. The third kappa shape index (κ3) is 3.16. The summed E-state index contributed by atoms with van der Waals surface area (Å²) in [5.41, 5.74) is 3.47. The van der Waals surface area contributed by atoms with Gasteiger partial charge >= 0.3 is 0 Å². The number of nitrogens with one attached hydrogen (secondary N) is 1. The Morgan fingerprint density at radius 2 is 2.15 bits per heavy atom. The van der Waals surface area contributed by atoms with Gasteiger partial charge in [-0.25, -0.2) is 0 Å². The van der Waals surface area contributed by atoms with E-state index in [0.29, 0.717) is 0 Å². The summed E-state index contributed by atoms with van der Waals surface area (Å²) in [6, 6.07) is 6.36. The Kier molecular flexibility index (Phi) is 5.09. The number of ether oxygens (including phenoxy) is 1. The molecular weight excluding hydrogens is 270 g/mol. The van der Waals surface area contributed by atoms with Gasteiger partial charge in [0, 0.05) is 0 Å². The van der Waals surface area contributed by atoms with Crippen LogP contribution < -0.4 is 10.1 Å². The van der Waals surface area contributed by atoms with Gasteiger partial charge in [0.05, 0.1) is 23.7 Å². The van der Waals surface area contributed by atoms with E-state index >= 15 is 0 Å². The molecular formula is C15H21N3OS. The van der Waals surface area contributed by atoms with Gasteiger partial charge in [0.15, 0.2) is 0 Å². The van der Waals surface area contributed by atoms with Crippen molar-refractivity contribution in [1.82, 2.24) is 14.9 Å². The molecule has 4 nitrogen and oxygen atoms in total. The second-order valence-electron chi connectivity index (χ2n) is 4.83. The molecule has 0 spiro atoms. The molecule has 1 N–H and O–H groups in total. The number of hydrogen-bond donors (Lipinski definition) is 1. The van der Waals surface area contributed by atoms with Gasteiger partial charge < -0.3 is 10.1 Å². The van der Waals surface area contributed by atoms with Gasteiger partial charge in [0.2, 0.25) is 0 Å². The molecule has 108 valence electrons. The summed E-state index contributed by atoms with van der Waals surface area (Å²) in [6.07, 6.45) is 1.09. The van der Waals surface area contributed by atoms with E-state index in [1.165, 1.54) is 27.5 Å². The summed E-state index contributed by atoms with van der Waals surface area (Å²) in [5.74, 6) is 0.889. The standard InChI is InChI=1S/C15H21N3OS/c1-5-8-16-14(15-11(3)17-18-20-15)13-7-6-12(19-4)9-10(13)2/h6-7,9,14,16H,5,8H2,1-4H3. The third-order valence-electron chi connectivity index (χ3n) is 3.34. The van der Waals surface area contributed by atoms with Crippen LogP contribution in [0.4, 0.5) is 0 Å². The molecule has 1 atom stereocenters. The summed E-state index contributed by atoms with van der Waals surface area (Å²) in [4.78, 5) is 1.19. The van der Waals surface area contributed by atoms with Crippen molar-refractivity contribution in [2.75, 3.05) is 13.7 Å². The van der Waals surface area contributed by atoms with Gasteiger partial charge in [-0.1, -0.05) is 17.5 Å². The highest BCUT2D eigenvalue weighted by Crippen LogP contribution is 2.30. The van der Waals surface area contributed by atoms with Crippen LogP contribution in [0, 0.1) is 13.8 Å². The highest BCUT2D eigenvalue weighted by Gasteiger charge is 2.20. The highest BCUT2D eigenvalue weighted by molar-refractivity contribution is 7.05. The fourth-order valence-corrected chi connectivity index (χ4v) is 2.97. The topological polar surface area (TPSA) is 47.0 Å². The van der Waals surface area contributed by atoms with Crippen molar-refractivity contribution in [1.29, 1.82) is 0 Å². The lowest BCUT2D eigenvalue weighted by Crippen LogP contribution is -2.23. The highest BCUT2D eigenvalue weighted by atomic mass is 32.1. The second-order valence-corrected chi connectivity index (χ2v) is 5.62. The van der Waals surface area contributed by atoms with Gasteiger partial charge in [0.1, 0.15) is 5.75 Å². The lowest BCUT2D eigenvalue weighted by molar-refractivity contribution is 0.414. The quantitative estimate of drug-likeness (QED) is 0.887. The molecule has 1 unspecified atom stereocenters. The summed E-state index contributed by atoms with van der Waals surface area (Å²) >= 11 is 1.47. The molecule has 0 aliphatic carbocycles. The lowest BCUT2D eigenvalue weighted by Gasteiger charge is -2.20. The molecule has 0 saturated heterocycles. The minimum Gasteiger partial charge on any atom is -0.497 e. The van der Waals surface area contributed by atoms with Crippen LogP contribution in [0.15, 0.2) is 18.2 Å². The Labute approximate surface area is 124 Å². The van der Waals surface area contributed by atoms with E-state index in [1.807, 2.05) is 13.0 Å². The van der Waals surface area contributed by atoms with Crippen LogP contribution >= 0.6 is 11.5 Å². The predicted molar refractivity (Wildman–Crippen MR) is 82.5 cm³/mol. The average Bonchev–Trinajstić information content (AvgIpc) is 2.87. The van der Waals surface area contributed by atoms with Crippen LogP contribution in [0.3, 0.4) is 0 Å². The first-order valence-electron chi connectivity index (χ1n) is 6.84. The van der Waals surface area contributed by atoms with E-state index < -0.39 is 0 Å². The molecule has 20 heavy (non-hydrogen) atoms. The van der Waals surface area contributed by atoms with E-state index in [9.17, 15) is 0 Å². The maximum absolute atomic E-state index is 5.28. The van der Waals surface area contributed by atoms with E-state index in [0.717, 1.165) is 24.4 Å². The van der Waals surface area contributed by atoms with Gasteiger partial charge in [0.25, 0.3) is 0 Å². The van der Waals surface area contributed by atoms with E-state index in [4.69, 9.17) is 4.74 Å². The molecule has 0 fully saturated rings. The molecule has 0 amide bonds. The van der Waals surface area contributed by atoms with Crippen molar-refractivity contribution < 1.29 is 4.74 Å². The molecule has 1 aromatic heterocycles. The van der Waals surface area contributed by atoms with E-state index in [-0.39, 0.29) is 6.04 Å². The summed E-state index contributed by atoms with van der Waals surface area (Å²) in [5, 5.41) is 7.74. The molecule has 0 aliphatic rings. The van der Waals surface area contributed by atoms with Crippen molar-refractivity contribution >= 4 is 11.5 Å². The predicted octanol–water partition coefficient (Wildman–Crippen LogP) is 3.25. The number of aromatic nitrogens is 2. The van der Waals surface area contributed by atoms with Crippen LogP contribution in [0.5, 0.6) is 5.75 Å². The van der Waals surface area contributed by atoms with Crippen LogP contribution in [0.2, 0.25) is 0 Å². The summed E-state index contributed by atoms with van der Waals surface area (Å²) in [7, 11) is 1.69. The van der Waals surface area contributed by atoms with Crippen molar-refractivity contribution in [3.8, 4) is 5.75 Å². The number of aryl methyl sites for hydroxylation is 2. The first-order valence-corrected chi connectivity index (χ1v) is 7.61. The minimum atomic E-state index is 0.154. The van der Waals surface area contributed by atoms with E-state index in [1.54, 1.807) is 7.11 Å². The van der Waals surface area contributed by atoms with Gasteiger partial charge in [-0.05, 0) is 61.6 Å². The lowest BCUT2D eigenvalue weighted by atomic mass is 9.98. The van der Waals surface area contributed by atoms with Crippen molar-refractivity contribution in [2.45, 2.75) is 33.2 Å². The van der Waals surface area contributed by atoms with Crippen LogP contribution in [-0.4, -0.2) is 23.2 Å². The molecule has 0 bridgehead atoms. The van der Waals surface area contributed by atoms with Crippen molar-refractivity contribution in [3.05, 3.63) is 39.9 Å². The maximum Gasteiger partial charge on any atom is 0.119 e. The van der Waals surface area contributed by atoms with Crippen LogP contribution in [0.25, 0.3) is 0 Å². The average molecular weight is 291 g/mol. The normalized spacial score (nSPS) is 12.4. The fraction of sp³-hybridized carbons (Fsp3) is 0.467. The SMILES string of the molecule is CCCNC(c1ccc(OC)cc1C)c1snnc1C. The third-order valence-corrected chi connectivity index (χ3v) is 4.23. The first-order chi connectivity index (χ1) is 9.67. The Morgan fingerprint density at radius 3 is 2.70 bits per heavy atom. The number of nitrogens with zero attached hydrogens (tertiary/aromatic N) is 2. The smallest absolute Gasteiger partial charge is 0.119 e. The zero-order valence-electron chi connectivity index (χ0n) is 12.4. The first kappa shape index (κ1) is 14.9. The van der Waals surface area contributed by atoms with Gasteiger partial charge in [-0.2, -0.15) is 0 Å². The Bertz CT molecular complexity index is 568. The zero-order chi connectivity index (χ0) is 14.5. The number of hydrogen-bond acceptors (Lipinski definition) is 5. The molecule has 0 aliphatic heterocycles. The van der Waals surface area contributed by atoms with Crippen LogP contribution in [0.1, 0.15) is 41.1 Å². The second kappa shape index (κ2) is 6.81. The maximum atomic E-state index is 5.28. The summed E-state index contributed by atoms with van der Waals surface area (Å²) in [6.45, 7) is 7.26. The molecule has 0 saturated carbocycles. The van der Waals surface area contributed by atoms with E-state index in [2.05, 4.69) is 40.9 Å². The van der Waals surface area contributed by atoms with Gasteiger partial charge in [-0.3, -0.25) is 0 Å². The fourth-order valence-electron chi connectivity index (χ4n) is 2.23. The minimum absolute atomic E-state index is 0.154. The monoisotopic (exact) mass is 291 g/mol. The number of rotatable bonds is 6. The Hall–Kier alpha value is -1.46. The summed E-state index contributed by atoms with van der Waals surface area (Å²) < 4.78 is 9.35. The largest absolute Gasteiger partial charge is 0.497 e. The number of methoxy groups -OCH3 is 1. The molecule has 5 heteroatoms. The molecule has 0 radical (unpaired) electrons. The molecule has 1 heterocycles. The molecule has 1 aromatic carbocycles. The zero-order valence-corrected chi connectivity index (χ0v) is 13.3. The van der Waals surface area contributed by atoms with Crippen LogP contribution in [-0.2, 0) is 0 Å². The van der Waals surface area contributed by atoms with Crippen molar-refractivity contribution in [3.63, 3.8) is 0 Å². The number of benzene rings is 1. The van der Waals surface area contributed by atoms with Gasteiger partial charge in [-0.15, -0.1) is 5.10 Å². The molecule has 2 aromatic rings. The van der Waals surface area contributed by atoms with Crippen molar-refractivity contribution in [2.24, 2.45) is 0 Å².